The second-order valence-electron chi connectivity index (χ2n) is 5.22. The molecule has 0 amide bonds. The zero-order valence-corrected chi connectivity index (χ0v) is 13.5. The summed E-state index contributed by atoms with van der Waals surface area (Å²) in [7, 11) is 0. The zero-order chi connectivity index (χ0) is 18.0. The molecule has 0 nitrogen and oxygen atoms in total. The predicted octanol–water partition coefficient (Wildman–Crippen LogP) is 6.26. The van der Waals surface area contributed by atoms with Crippen LogP contribution in [0.1, 0.15) is 16.4 Å². The van der Waals surface area contributed by atoms with Gasteiger partial charge in [-0.05, 0) is 11.1 Å². The lowest BCUT2D eigenvalue weighted by Crippen LogP contribution is -2.05. The van der Waals surface area contributed by atoms with Crippen LogP contribution in [0.2, 0.25) is 0 Å². The van der Waals surface area contributed by atoms with E-state index >= 15 is 0 Å². The van der Waals surface area contributed by atoms with E-state index in [1.54, 1.807) is 60.7 Å². The fraction of sp³-hybridized carbons (Fsp3) is 0.0526. The third kappa shape index (κ3) is 3.39. The minimum Gasteiger partial charge on any atom is -0.202 e. The fourth-order valence-corrected chi connectivity index (χ4v) is 3.60. The Bertz CT molecular complexity index is 813. The first kappa shape index (κ1) is 17.5. The first-order valence-corrected chi connectivity index (χ1v) is 8.16. The zero-order valence-electron chi connectivity index (χ0n) is 12.6. The summed E-state index contributed by atoms with van der Waals surface area (Å²) in [6.07, 6.45) is 0. The predicted molar refractivity (Wildman–Crippen MR) is 86.8 cm³/mol. The lowest BCUT2D eigenvalue weighted by molar-refractivity contribution is 0.361. The molecule has 128 valence electrons. The Morgan fingerprint density at radius 1 is 0.520 bits per heavy atom. The van der Waals surface area contributed by atoms with Crippen molar-refractivity contribution in [3.05, 3.63) is 101 Å². The molecule has 0 fully saturated rings. The quantitative estimate of drug-likeness (QED) is 0.227. The van der Waals surface area contributed by atoms with Crippen molar-refractivity contribution < 1.29 is 22.0 Å². The molecule has 0 spiro atoms. The van der Waals surface area contributed by atoms with Gasteiger partial charge in [0.25, 0.3) is 0 Å². The van der Waals surface area contributed by atoms with Crippen molar-refractivity contribution >= 4 is 11.8 Å². The van der Waals surface area contributed by atoms with Crippen LogP contribution in [-0.2, 0) is 0 Å². The van der Waals surface area contributed by atoms with Gasteiger partial charge in [-0.2, -0.15) is 0 Å². The van der Waals surface area contributed by atoms with E-state index in [1.807, 2.05) is 0 Å². The molecule has 0 saturated carbocycles. The van der Waals surface area contributed by atoms with Gasteiger partial charge in [0.05, 0.1) is 10.1 Å². The normalized spacial score (nSPS) is 11.1. The van der Waals surface area contributed by atoms with Crippen molar-refractivity contribution in [2.24, 2.45) is 0 Å². The van der Waals surface area contributed by atoms with Gasteiger partial charge in [0.1, 0.15) is 0 Å². The summed E-state index contributed by atoms with van der Waals surface area (Å²) in [4.78, 5) is -0.894. The van der Waals surface area contributed by atoms with Crippen LogP contribution in [0.3, 0.4) is 0 Å². The van der Waals surface area contributed by atoms with Crippen molar-refractivity contribution in [1.82, 2.24) is 0 Å². The molecule has 0 radical (unpaired) electrons. The van der Waals surface area contributed by atoms with Crippen molar-refractivity contribution in [2.45, 2.75) is 10.1 Å². The van der Waals surface area contributed by atoms with Gasteiger partial charge in [0.15, 0.2) is 23.3 Å². The van der Waals surface area contributed by atoms with Crippen molar-refractivity contribution in [2.75, 3.05) is 0 Å². The summed E-state index contributed by atoms with van der Waals surface area (Å²) in [5, 5.41) is -0.629. The minimum absolute atomic E-state index is 0.589. The average Bonchev–Trinajstić information content (AvgIpc) is 2.66. The molecule has 0 N–H and O–H groups in total. The molecular formula is C19H11F5S. The molecule has 0 heterocycles. The Kier molecular flexibility index (Phi) is 5.08. The molecule has 0 aliphatic heterocycles. The van der Waals surface area contributed by atoms with E-state index in [9.17, 15) is 22.0 Å². The molecule has 6 heteroatoms. The van der Waals surface area contributed by atoms with Gasteiger partial charge in [-0.25, -0.2) is 22.0 Å². The van der Waals surface area contributed by atoms with E-state index in [-0.39, 0.29) is 0 Å². The molecule has 0 aliphatic rings. The number of rotatable bonds is 4. The Labute approximate surface area is 145 Å². The number of thioether (sulfide) groups is 1. The van der Waals surface area contributed by atoms with Crippen LogP contribution < -0.4 is 0 Å². The maximum Gasteiger partial charge on any atom is 0.200 e. The maximum atomic E-state index is 14.1. The lowest BCUT2D eigenvalue weighted by atomic mass is 10.0. The third-order valence-corrected chi connectivity index (χ3v) is 4.98. The molecule has 0 bridgehead atoms. The van der Waals surface area contributed by atoms with E-state index in [2.05, 4.69) is 0 Å². The lowest BCUT2D eigenvalue weighted by Gasteiger charge is -2.19. The Balaban J connectivity index is 2.12. The molecule has 0 aromatic heterocycles. The first-order chi connectivity index (χ1) is 12.0. The standard InChI is InChI=1S/C19H11F5S/c20-13-14(21)16(23)19(17(24)15(13)22)25-18(11-7-3-1-4-8-11)12-9-5-2-6-10-12/h1-10,18H. The summed E-state index contributed by atoms with van der Waals surface area (Å²) >= 11 is 0.589. The van der Waals surface area contributed by atoms with E-state index in [0.29, 0.717) is 22.9 Å². The van der Waals surface area contributed by atoms with Gasteiger partial charge in [-0.15, -0.1) is 11.8 Å². The number of halogens is 5. The van der Waals surface area contributed by atoms with Crippen LogP contribution >= 0.6 is 11.8 Å². The molecule has 25 heavy (non-hydrogen) atoms. The maximum absolute atomic E-state index is 14.1. The van der Waals surface area contributed by atoms with E-state index < -0.39 is 39.2 Å². The van der Waals surface area contributed by atoms with Crippen molar-refractivity contribution in [3.8, 4) is 0 Å². The Morgan fingerprint density at radius 2 is 0.880 bits per heavy atom. The largest absolute Gasteiger partial charge is 0.202 e. The number of hydrogen-bond acceptors (Lipinski definition) is 1. The van der Waals surface area contributed by atoms with E-state index in [4.69, 9.17) is 0 Å². The van der Waals surface area contributed by atoms with Gasteiger partial charge in [0.2, 0.25) is 5.82 Å². The Hall–Kier alpha value is -2.34. The summed E-state index contributed by atoms with van der Waals surface area (Å²) in [6, 6.07) is 17.4. The van der Waals surface area contributed by atoms with Crippen LogP contribution in [0.4, 0.5) is 22.0 Å². The van der Waals surface area contributed by atoms with Crippen LogP contribution in [0.15, 0.2) is 65.6 Å². The highest BCUT2D eigenvalue weighted by molar-refractivity contribution is 7.99. The van der Waals surface area contributed by atoms with Crippen LogP contribution in [0.5, 0.6) is 0 Å². The highest BCUT2D eigenvalue weighted by atomic mass is 32.2. The first-order valence-electron chi connectivity index (χ1n) is 7.28. The molecule has 0 atom stereocenters. The van der Waals surface area contributed by atoms with Crippen LogP contribution in [0, 0.1) is 29.1 Å². The van der Waals surface area contributed by atoms with Gasteiger partial charge in [-0.3, -0.25) is 0 Å². The third-order valence-electron chi connectivity index (χ3n) is 3.61. The Morgan fingerprint density at radius 3 is 1.28 bits per heavy atom. The molecule has 3 aromatic carbocycles. The number of benzene rings is 3. The van der Waals surface area contributed by atoms with Crippen molar-refractivity contribution in [1.29, 1.82) is 0 Å². The van der Waals surface area contributed by atoms with E-state index in [1.165, 1.54) is 0 Å². The topological polar surface area (TPSA) is 0 Å². The molecule has 0 saturated heterocycles. The summed E-state index contributed by atoms with van der Waals surface area (Å²) in [6.45, 7) is 0. The van der Waals surface area contributed by atoms with Gasteiger partial charge >= 0.3 is 0 Å². The molecule has 0 aliphatic carbocycles. The van der Waals surface area contributed by atoms with Crippen LogP contribution in [0.25, 0.3) is 0 Å². The smallest absolute Gasteiger partial charge is 0.200 e. The van der Waals surface area contributed by atoms with Gasteiger partial charge in [0, 0.05) is 0 Å². The number of hydrogen-bond donors (Lipinski definition) is 0. The highest BCUT2D eigenvalue weighted by Crippen LogP contribution is 2.43. The van der Waals surface area contributed by atoms with Gasteiger partial charge < -0.3 is 0 Å². The van der Waals surface area contributed by atoms with Crippen molar-refractivity contribution in [3.63, 3.8) is 0 Å². The average molecular weight is 366 g/mol. The van der Waals surface area contributed by atoms with Gasteiger partial charge in [-0.1, -0.05) is 60.7 Å². The monoisotopic (exact) mass is 366 g/mol. The molecular weight excluding hydrogens is 355 g/mol. The molecule has 0 unspecified atom stereocenters. The summed E-state index contributed by atoms with van der Waals surface area (Å²) in [5.41, 5.74) is 1.37. The fourth-order valence-electron chi connectivity index (χ4n) is 2.39. The molecule has 3 aromatic rings. The second kappa shape index (κ2) is 7.27. The van der Waals surface area contributed by atoms with E-state index in [0.717, 1.165) is 0 Å². The summed E-state index contributed by atoms with van der Waals surface area (Å²) in [5.74, 6) is -9.69. The van der Waals surface area contributed by atoms with Crippen LogP contribution in [-0.4, -0.2) is 0 Å². The summed E-state index contributed by atoms with van der Waals surface area (Å²) < 4.78 is 68.3. The second-order valence-corrected chi connectivity index (χ2v) is 6.33. The highest BCUT2D eigenvalue weighted by Gasteiger charge is 2.28. The molecule has 3 rings (SSSR count). The SMILES string of the molecule is Fc1c(F)c(F)c(SC(c2ccccc2)c2ccccc2)c(F)c1F. The minimum atomic E-state index is -2.16.